The van der Waals surface area contributed by atoms with Crippen molar-refractivity contribution in [3.05, 3.63) is 53.6 Å². The Balaban J connectivity index is 0.00000120. The first-order valence-corrected chi connectivity index (χ1v) is 5.89. The summed E-state index contributed by atoms with van der Waals surface area (Å²) in [4.78, 5) is 4.22. The van der Waals surface area contributed by atoms with Crippen LogP contribution >= 0.6 is 12.4 Å². The molecule has 3 nitrogen and oxygen atoms in total. The van der Waals surface area contributed by atoms with Crippen LogP contribution in [-0.2, 0) is 6.42 Å². The minimum atomic E-state index is 0. The van der Waals surface area contributed by atoms with Gasteiger partial charge in [-0.15, -0.1) is 12.4 Å². The molecule has 0 bridgehead atoms. The SMILES string of the molecule is Cl.N#Cc1ccc([C@@H]2CCCc3cncn32)cc1. The van der Waals surface area contributed by atoms with Gasteiger partial charge in [0.25, 0.3) is 0 Å². The Hall–Kier alpha value is -1.79. The van der Waals surface area contributed by atoms with Gasteiger partial charge in [0, 0.05) is 11.9 Å². The largest absolute Gasteiger partial charge is 0.327 e. The van der Waals surface area contributed by atoms with E-state index < -0.39 is 0 Å². The molecule has 92 valence electrons. The quantitative estimate of drug-likeness (QED) is 0.790. The van der Waals surface area contributed by atoms with Crippen molar-refractivity contribution in [3.8, 4) is 6.07 Å². The van der Waals surface area contributed by atoms with E-state index in [9.17, 15) is 0 Å². The molecule has 1 aromatic heterocycles. The molecule has 3 rings (SSSR count). The lowest BCUT2D eigenvalue weighted by atomic mass is 9.96. The molecule has 1 aliphatic heterocycles. The maximum Gasteiger partial charge on any atom is 0.0991 e. The molecule has 2 heterocycles. The van der Waals surface area contributed by atoms with E-state index in [-0.39, 0.29) is 12.4 Å². The van der Waals surface area contributed by atoms with Crippen molar-refractivity contribution in [2.75, 3.05) is 0 Å². The number of hydrogen-bond acceptors (Lipinski definition) is 2. The zero-order valence-electron chi connectivity index (χ0n) is 9.91. The normalized spacial score (nSPS) is 17.4. The van der Waals surface area contributed by atoms with Crippen LogP contribution in [0.15, 0.2) is 36.8 Å². The lowest BCUT2D eigenvalue weighted by Gasteiger charge is -2.25. The lowest BCUT2D eigenvalue weighted by molar-refractivity contribution is 0.458. The number of nitrogens with zero attached hydrogens (tertiary/aromatic N) is 3. The van der Waals surface area contributed by atoms with Crippen LogP contribution in [0.5, 0.6) is 0 Å². The van der Waals surface area contributed by atoms with Gasteiger partial charge in [0.1, 0.15) is 0 Å². The van der Waals surface area contributed by atoms with E-state index in [1.165, 1.54) is 17.7 Å². The number of benzene rings is 1. The number of rotatable bonds is 1. The second-order valence-corrected chi connectivity index (χ2v) is 4.43. The molecule has 4 heteroatoms. The highest BCUT2D eigenvalue weighted by atomic mass is 35.5. The van der Waals surface area contributed by atoms with Gasteiger partial charge in [0.2, 0.25) is 0 Å². The Morgan fingerprint density at radius 2 is 2.06 bits per heavy atom. The first-order chi connectivity index (χ1) is 8.38. The Morgan fingerprint density at radius 3 is 2.78 bits per heavy atom. The summed E-state index contributed by atoms with van der Waals surface area (Å²) in [6.45, 7) is 0. The molecular weight excluding hydrogens is 246 g/mol. The molecule has 0 amide bonds. The van der Waals surface area contributed by atoms with Crippen LogP contribution < -0.4 is 0 Å². The summed E-state index contributed by atoms with van der Waals surface area (Å²) in [7, 11) is 0. The van der Waals surface area contributed by atoms with E-state index in [1.54, 1.807) is 0 Å². The van der Waals surface area contributed by atoms with E-state index >= 15 is 0 Å². The predicted octanol–water partition coefficient (Wildman–Crippen LogP) is 3.10. The van der Waals surface area contributed by atoms with Crippen molar-refractivity contribution in [3.63, 3.8) is 0 Å². The molecular formula is C14H14ClN3. The van der Waals surface area contributed by atoms with Gasteiger partial charge < -0.3 is 4.57 Å². The van der Waals surface area contributed by atoms with Crippen LogP contribution in [0.25, 0.3) is 0 Å². The van der Waals surface area contributed by atoms with Crippen LogP contribution in [0.2, 0.25) is 0 Å². The van der Waals surface area contributed by atoms with Crippen LogP contribution in [0.3, 0.4) is 0 Å². The second kappa shape index (κ2) is 5.24. The average Bonchev–Trinajstić information content (AvgIpc) is 2.87. The van der Waals surface area contributed by atoms with Gasteiger partial charge >= 0.3 is 0 Å². The van der Waals surface area contributed by atoms with Gasteiger partial charge in [-0.2, -0.15) is 5.26 Å². The Kier molecular flexibility index (Phi) is 3.69. The van der Waals surface area contributed by atoms with Crippen LogP contribution in [0, 0.1) is 11.3 Å². The molecule has 2 aromatic rings. The van der Waals surface area contributed by atoms with Crippen molar-refractivity contribution in [2.24, 2.45) is 0 Å². The van der Waals surface area contributed by atoms with Crippen molar-refractivity contribution in [1.29, 1.82) is 5.26 Å². The van der Waals surface area contributed by atoms with Gasteiger partial charge in [-0.1, -0.05) is 12.1 Å². The van der Waals surface area contributed by atoms with Gasteiger partial charge in [0.15, 0.2) is 0 Å². The number of aryl methyl sites for hydroxylation is 1. The summed E-state index contributed by atoms with van der Waals surface area (Å²) < 4.78 is 2.25. The highest BCUT2D eigenvalue weighted by molar-refractivity contribution is 5.85. The van der Waals surface area contributed by atoms with Gasteiger partial charge in [-0.25, -0.2) is 4.98 Å². The summed E-state index contributed by atoms with van der Waals surface area (Å²) in [5.74, 6) is 0. The van der Waals surface area contributed by atoms with Gasteiger partial charge in [0.05, 0.1) is 24.0 Å². The van der Waals surface area contributed by atoms with Crippen molar-refractivity contribution < 1.29 is 0 Å². The number of fused-ring (bicyclic) bond motifs is 1. The molecule has 0 radical (unpaired) electrons. The molecule has 0 saturated carbocycles. The monoisotopic (exact) mass is 259 g/mol. The molecule has 0 fully saturated rings. The number of halogens is 1. The topological polar surface area (TPSA) is 41.6 Å². The Bertz CT molecular complexity index is 565. The number of hydrogen-bond donors (Lipinski definition) is 0. The van der Waals surface area contributed by atoms with Gasteiger partial charge in [-0.3, -0.25) is 0 Å². The maximum atomic E-state index is 8.80. The fraction of sp³-hybridized carbons (Fsp3) is 0.286. The number of imidazole rings is 1. The molecule has 0 aliphatic carbocycles. The maximum absolute atomic E-state index is 8.80. The summed E-state index contributed by atoms with van der Waals surface area (Å²) in [5.41, 5.74) is 3.30. The predicted molar refractivity (Wildman–Crippen MR) is 71.7 cm³/mol. The molecule has 1 atom stereocenters. The minimum absolute atomic E-state index is 0. The van der Waals surface area contributed by atoms with Gasteiger partial charge in [-0.05, 0) is 37.0 Å². The number of aromatic nitrogens is 2. The minimum Gasteiger partial charge on any atom is -0.327 e. The fourth-order valence-corrected chi connectivity index (χ4v) is 2.53. The standard InChI is InChI=1S/C14H13N3.ClH/c15-8-11-4-6-12(7-5-11)14-3-1-2-13-9-16-10-17(13)14;/h4-7,9-10,14H,1-3H2;1H/t14-;/m0./s1. The first-order valence-electron chi connectivity index (χ1n) is 5.89. The smallest absolute Gasteiger partial charge is 0.0991 e. The van der Waals surface area contributed by atoms with Crippen molar-refractivity contribution in [2.45, 2.75) is 25.3 Å². The van der Waals surface area contributed by atoms with Crippen LogP contribution in [-0.4, -0.2) is 9.55 Å². The van der Waals surface area contributed by atoms with Crippen molar-refractivity contribution in [1.82, 2.24) is 9.55 Å². The molecule has 0 spiro atoms. The van der Waals surface area contributed by atoms with E-state index in [4.69, 9.17) is 5.26 Å². The zero-order chi connectivity index (χ0) is 11.7. The zero-order valence-corrected chi connectivity index (χ0v) is 10.7. The highest BCUT2D eigenvalue weighted by Crippen LogP contribution is 2.30. The average molecular weight is 260 g/mol. The Morgan fingerprint density at radius 1 is 1.28 bits per heavy atom. The third-order valence-electron chi connectivity index (χ3n) is 3.42. The molecule has 0 saturated heterocycles. The fourth-order valence-electron chi connectivity index (χ4n) is 2.53. The lowest BCUT2D eigenvalue weighted by Crippen LogP contribution is -2.17. The van der Waals surface area contributed by atoms with Crippen LogP contribution in [0.4, 0.5) is 0 Å². The van der Waals surface area contributed by atoms with E-state index in [0.717, 1.165) is 18.4 Å². The first kappa shape index (κ1) is 12.7. The summed E-state index contributed by atoms with van der Waals surface area (Å²) in [6.07, 6.45) is 7.34. The summed E-state index contributed by atoms with van der Waals surface area (Å²) in [5, 5.41) is 8.80. The number of nitriles is 1. The van der Waals surface area contributed by atoms with E-state index in [0.29, 0.717) is 6.04 Å². The third-order valence-corrected chi connectivity index (χ3v) is 3.42. The molecule has 0 unspecified atom stereocenters. The molecule has 18 heavy (non-hydrogen) atoms. The highest BCUT2D eigenvalue weighted by Gasteiger charge is 2.20. The summed E-state index contributed by atoms with van der Waals surface area (Å²) >= 11 is 0. The molecule has 1 aliphatic rings. The molecule has 1 aromatic carbocycles. The Labute approximate surface area is 112 Å². The van der Waals surface area contributed by atoms with E-state index in [1.807, 2.05) is 24.7 Å². The second-order valence-electron chi connectivity index (χ2n) is 4.43. The molecule has 0 N–H and O–H groups in total. The summed E-state index contributed by atoms with van der Waals surface area (Å²) in [6, 6.07) is 10.4. The third kappa shape index (κ3) is 2.12. The van der Waals surface area contributed by atoms with Crippen LogP contribution in [0.1, 0.15) is 35.7 Å². The van der Waals surface area contributed by atoms with E-state index in [2.05, 4.69) is 27.8 Å². The van der Waals surface area contributed by atoms with Crippen molar-refractivity contribution >= 4 is 12.4 Å².